The number of carbonyl (C=O) groups is 7. The van der Waals surface area contributed by atoms with E-state index in [2.05, 4.69) is 16.0 Å². The Balaban J connectivity index is 2.17. The molecule has 7 N–H and O–H groups in total. The molecule has 0 saturated carbocycles. The zero-order valence-corrected chi connectivity index (χ0v) is 23.2. The van der Waals surface area contributed by atoms with Crippen LogP contribution in [-0.2, 0) is 30.5 Å². The first-order valence-electron chi connectivity index (χ1n) is 13.1. The fourth-order valence-electron chi connectivity index (χ4n) is 3.57. The van der Waals surface area contributed by atoms with Gasteiger partial charge in [0.05, 0.1) is 6.54 Å². The van der Waals surface area contributed by atoms with Crippen LogP contribution in [0.4, 0.5) is 4.79 Å². The van der Waals surface area contributed by atoms with Gasteiger partial charge in [-0.2, -0.15) is 0 Å². The average molecular weight is 618 g/mol. The van der Waals surface area contributed by atoms with E-state index in [0.29, 0.717) is 0 Å². The number of carboxylic acid groups (broad SMARTS) is 4. The largest absolute Gasteiger partial charge is 0.492 e. The molecule has 44 heavy (non-hydrogen) atoms. The van der Waals surface area contributed by atoms with Crippen molar-refractivity contribution in [3.8, 4) is 5.75 Å². The lowest BCUT2D eigenvalue weighted by atomic mass is 10.1. The molecular formula is C28H31N3O13. The SMILES string of the molecule is O=C(O)CCC(NC(=O)c1cc(OCCNC(=O)OCc2ccccc2)cc(C(=O)NC(CCC(=O)O)C(=O)O)c1)C(=O)O. The number of benzene rings is 2. The zero-order chi connectivity index (χ0) is 32.6. The van der Waals surface area contributed by atoms with Gasteiger partial charge in [-0.05, 0) is 36.6 Å². The fraction of sp³-hybridized carbons (Fsp3) is 0.321. The van der Waals surface area contributed by atoms with Crippen molar-refractivity contribution >= 4 is 41.8 Å². The molecule has 0 bridgehead atoms. The van der Waals surface area contributed by atoms with Crippen molar-refractivity contribution in [1.82, 2.24) is 16.0 Å². The van der Waals surface area contributed by atoms with E-state index in [9.17, 15) is 43.8 Å². The molecule has 0 radical (unpaired) electrons. The summed E-state index contributed by atoms with van der Waals surface area (Å²) in [5.41, 5.74) is 0.185. The molecule has 0 fully saturated rings. The Morgan fingerprint density at radius 1 is 0.705 bits per heavy atom. The van der Waals surface area contributed by atoms with Crippen molar-refractivity contribution < 1.29 is 63.5 Å². The van der Waals surface area contributed by atoms with Crippen LogP contribution in [0.15, 0.2) is 48.5 Å². The number of aliphatic carboxylic acids is 4. The van der Waals surface area contributed by atoms with Gasteiger partial charge in [-0.3, -0.25) is 19.2 Å². The van der Waals surface area contributed by atoms with Crippen LogP contribution in [0.1, 0.15) is 52.0 Å². The Labute approximate surface area is 250 Å². The fourth-order valence-corrected chi connectivity index (χ4v) is 3.57. The van der Waals surface area contributed by atoms with Crippen LogP contribution in [0.3, 0.4) is 0 Å². The quantitative estimate of drug-likeness (QED) is 0.116. The summed E-state index contributed by atoms with van der Waals surface area (Å²) in [7, 11) is 0. The van der Waals surface area contributed by atoms with Crippen molar-refractivity contribution in [3.05, 3.63) is 65.2 Å². The summed E-state index contributed by atoms with van der Waals surface area (Å²) in [6.07, 6.45) is -2.72. The van der Waals surface area contributed by atoms with Gasteiger partial charge in [0.15, 0.2) is 0 Å². The molecule has 2 atom stereocenters. The number of rotatable bonds is 18. The van der Waals surface area contributed by atoms with Gasteiger partial charge in [0.25, 0.3) is 11.8 Å². The second-order valence-corrected chi connectivity index (χ2v) is 9.18. The maximum Gasteiger partial charge on any atom is 0.407 e. The van der Waals surface area contributed by atoms with E-state index in [4.69, 9.17) is 19.7 Å². The van der Waals surface area contributed by atoms with Crippen LogP contribution in [0.5, 0.6) is 5.75 Å². The number of carboxylic acids is 4. The maximum atomic E-state index is 12.9. The number of hydrogen-bond acceptors (Lipinski definition) is 9. The van der Waals surface area contributed by atoms with Crippen molar-refractivity contribution in [1.29, 1.82) is 0 Å². The first-order chi connectivity index (χ1) is 20.8. The molecule has 0 saturated heterocycles. The summed E-state index contributed by atoms with van der Waals surface area (Å²) in [5, 5.41) is 43.2. The standard InChI is InChI=1S/C28H31N3O13/c32-22(33)8-6-20(26(38)39)30-24(36)17-12-18(25(37)31-21(27(40)41)7-9-23(34)35)14-19(13-17)43-11-10-29-28(42)44-15-16-4-2-1-3-5-16/h1-5,12-14,20-21H,6-11,15H2,(H,29,42)(H,30,36)(H,31,37)(H,32,33)(H,34,35)(H,38,39)(H,40,41). The third-order valence-corrected chi connectivity index (χ3v) is 5.78. The molecule has 16 nitrogen and oxygen atoms in total. The lowest BCUT2D eigenvalue weighted by molar-refractivity contribution is -0.142. The summed E-state index contributed by atoms with van der Waals surface area (Å²) in [6, 6.07) is 9.05. The second-order valence-electron chi connectivity index (χ2n) is 9.18. The molecule has 2 unspecified atom stereocenters. The van der Waals surface area contributed by atoms with Gasteiger partial charge in [-0.1, -0.05) is 30.3 Å². The summed E-state index contributed by atoms with van der Waals surface area (Å²) < 4.78 is 10.6. The topological polar surface area (TPSA) is 255 Å². The normalized spacial score (nSPS) is 11.7. The monoisotopic (exact) mass is 617 g/mol. The average Bonchev–Trinajstić information content (AvgIpc) is 2.98. The van der Waals surface area contributed by atoms with Crippen LogP contribution in [0, 0.1) is 0 Å². The van der Waals surface area contributed by atoms with Crippen molar-refractivity contribution in [2.75, 3.05) is 13.2 Å². The highest BCUT2D eigenvalue weighted by Gasteiger charge is 2.25. The van der Waals surface area contributed by atoms with Gasteiger partial charge < -0.3 is 45.9 Å². The predicted octanol–water partition coefficient (Wildman–Crippen LogP) is 1.09. The third-order valence-electron chi connectivity index (χ3n) is 5.78. The Morgan fingerprint density at radius 3 is 1.66 bits per heavy atom. The molecule has 2 rings (SSSR count). The van der Waals surface area contributed by atoms with E-state index < -0.39 is 79.6 Å². The van der Waals surface area contributed by atoms with Gasteiger partial charge in [0.2, 0.25) is 0 Å². The molecule has 0 aromatic heterocycles. The second kappa shape index (κ2) is 17.3. The van der Waals surface area contributed by atoms with E-state index in [1.54, 1.807) is 24.3 Å². The van der Waals surface area contributed by atoms with Crippen LogP contribution in [0.25, 0.3) is 0 Å². The first-order valence-corrected chi connectivity index (χ1v) is 13.1. The lowest BCUT2D eigenvalue weighted by Crippen LogP contribution is -2.42. The molecule has 0 aliphatic carbocycles. The number of nitrogens with one attached hydrogen (secondary N) is 3. The lowest BCUT2D eigenvalue weighted by Gasteiger charge is -2.17. The predicted molar refractivity (Wildman–Crippen MR) is 148 cm³/mol. The smallest absolute Gasteiger partial charge is 0.407 e. The third kappa shape index (κ3) is 12.5. The summed E-state index contributed by atoms with van der Waals surface area (Å²) in [6.45, 7) is -0.228. The minimum atomic E-state index is -1.58. The number of amides is 3. The van der Waals surface area contributed by atoms with Gasteiger partial charge in [0.1, 0.15) is 31.0 Å². The van der Waals surface area contributed by atoms with Crippen molar-refractivity contribution in [2.45, 2.75) is 44.4 Å². The molecule has 236 valence electrons. The van der Waals surface area contributed by atoms with Crippen molar-refractivity contribution in [3.63, 3.8) is 0 Å². The first kappa shape index (κ1) is 34.5. The molecule has 16 heteroatoms. The van der Waals surface area contributed by atoms with E-state index in [0.717, 1.165) is 23.8 Å². The minimum Gasteiger partial charge on any atom is -0.492 e. The molecule has 3 amide bonds. The van der Waals surface area contributed by atoms with Crippen molar-refractivity contribution in [2.24, 2.45) is 0 Å². The molecule has 2 aromatic carbocycles. The summed E-state index contributed by atoms with van der Waals surface area (Å²) in [5.74, 6) is -7.69. The number of carbonyl (C=O) groups excluding carboxylic acids is 3. The summed E-state index contributed by atoms with van der Waals surface area (Å²) >= 11 is 0. The molecule has 0 aliphatic rings. The van der Waals surface area contributed by atoms with Gasteiger partial charge in [0, 0.05) is 24.0 Å². The molecule has 0 spiro atoms. The van der Waals surface area contributed by atoms with Crippen LogP contribution in [0.2, 0.25) is 0 Å². The highest BCUT2D eigenvalue weighted by atomic mass is 16.5. The number of alkyl carbamates (subject to hydrolysis) is 1. The molecule has 2 aromatic rings. The van der Waals surface area contributed by atoms with Crippen LogP contribution >= 0.6 is 0 Å². The Morgan fingerprint density at radius 2 is 1.20 bits per heavy atom. The Kier molecular flexibility index (Phi) is 13.6. The van der Waals surface area contributed by atoms with Gasteiger partial charge >= 0.3 is 30.0 Å². The van der Waals surface area contributed by atoms with Gasteiger partial charge in [-0.25, -0.2) is 14.4 Å². The van der Waals surface area contributed by atoms with E-state index in [-0.39, 0.29) is 36.6 Å². The zero-order valence-electron chi connectivity index (χ0n) is 23.2. The van der Waals surface area contributed by atoms with Crippen LogP contribution in [-0.4, -0.2) is 87.4 Å². The number of hydrogen-bond donors (Lipinski definition) is 7. The maximum absolute atomic E-state index is 12.9. The summed E-state index contributed by atoms with van der Waals surface area (Å²) in [4.78, 5) is 82.6. The Hall–Kier alpha value is -5.67. The number of ether oxygens (including phenoxy) is 2. The minimum absolute atomic E-state index is 0.0246. The highest BCUT2D eigenvalue weighted by Crippen LogP contribution is 2.19. The molecule has 0 aliphatic heterocycles. The Bertz CT molecular complexity index is 1300. The highest BCUT2D eigenvalue weighted by molar-refractivity contribution is 6.02. The van der Waals surface area contributed by atoms with Gasteiger partial charge in [-0.15, -0.1) is 0 Å². The molecular weight excluding hydrogens is 586 g/mol. The van der Waals surface area contributed by atoms with E-state index in [1.165, 1.54) is 0 Å². The van der Waals surface area contributed by atoms with E-state index >= 15 is 0 Å². The molecule has 0 heterocycles. The van der Waals surface area contributed by atoms with Crippen LogP contribution < -0.4 is 20.7 Å². The van der Waals surface area contributed by atoms with E-state index in [1.807, 2.05) is 6.07 Å².